The van der Waals surface area contributed by atoms with Crippen LogP contribution in [0.4, 0.5) is 0 Å². The molecule has 1 amide bonds. The third-order valence-corrected chi connectivity index (χ3v) is 5.44. The van der Waals surface area contributed by atoms with Crippen LogP contribution in [0.15, 0.2) is 30.7 Å². The van der Waals surface area contributed by atoms with Crippen molar-refractivity contribution in [1.82, 2.24) is 19.4 Å². The monoisotopic (exact) mass is 326 g/mol. The van der Waals surface area contributed by atoms with Gasteiger partial charge in [-0.3, -0.25) is 9.78 Å². The first-order chi connectivity index (χ1) is 11.7. The summed E-state index contributed by atoms with van der Waals surface area (Å²) in [7, 11) is 1.57. The average Bonchev–Trinajstić information content (AvgIpc) is 3.19. The molecule has 2 aromatic rings. The Morgan fingerprint density at radius 2 is 2.04 bits per heavy atom. The molecule has 2 aliphatic rings. The second-order valence-electron chi connectivity index (χ2n) is 6.70. The zero-order valence-corrected chi connectivity index (χ0v) is 13.9. The van der Waals surface area contributed by atoms with Crippen LogP contribution in [0.3, 0.4) is 0 Å². The molecule has 0 unspecified atom stereocenters. The van der Waals surface area contributed by atoms with E-state index in [9.17, 15) is 4.79 Å². The summed E-state index contributed by atoms with van der Waals surface area (Å²) in [6.07, 6.45) is 8.71. The Hall–Kier alpha value is -2.21. The molecule has 6 nitrogen and oxygen atoms in total. The lowest BCUT2D eigenvalue weighted by molar-refractivity contribution is -0.136. The van der Waals surface area contributed by atoms with Gasteiger partial charge in [0.05, 0.1) is 11.9 Å². The van der Waals surface area contributed by atoms with Crippen LogP contribution in [0.25, 0.3) is 11.3 Å². The first-order valence-electron chi connectivity index (χ1n) is 8.47. The fourth-order valence-electron chi connectivity index (χ4n) is 4.08. The average molecular weight is 326 g/mol. The molecule has 0 bridgehead atoms. The van der Waals surface area contributed by atoms with Crippen LogP contribution in [0.5, 0.6) is 0 Å². The normalized spacial score (nSPS) is 18.8. The molecule has 2 aromatic heterocycles. The molecule has 0 atom stereocenters. The van der Waals surface area contributed by atoms with Gasteiger partial charge < -0.3 is 14.2 Å². The number of nitrogens with zero attached hydrogens (tertiary/aromatic N) is 4. The van der Waals surface area contributed by atoms with Gasteiger partial charge in [-0.25, -0.2) is 4.98 Å². The number of aromatic nitrogens is 3. The van der Waals surface area contributed by atoms with Crippen molar-refractivity contribution in [2.24, 2.45) is 0 Å². The van der Waals surface area contributed by atoms with Crippen molar-refractivity contribution in [3.8, 4) is 11.3 Å². The number of piperidine rings is 1. The fourth-order valence-corrected chi connectivity index (χ4v) is 4.08. The number of amides is 1. The molecule has 6 heteroatoms. The number of rotatable bonds is 3. The third-order valence-electron chi connectivity index (χ3n) is 5.44. The van der Waals surface area contributed by atoms with Crippen molar-refractivity contribution >= 4 is 5.91 Å². The topological polar surface area (TPSA) is 60.2 Å². The van der Waals surface area contributed by atoms with E-state index < -0.39 is 0 Å². The predicted molar refractivity (Wildman–Crippen MR) is 89.4 cm³/mol. The Kier molecular flexibility index (Phi) is 3.84. The van der Waals surface area contributed by atoms with Crippen LogP contribution in [-0.4, -0.2) is 52.1 Å². The van der Waals surface area contributed by atoms with Crippen molar-refractivity contribution < 1.29 is 9.53 Å². The summed E-state index contributed by atoms with van der Waals surface area (Å²) in [5.74, 6) is 1.27. The van der Waals surface area contributed by atoms with Gasteiger partial charge >= 0.3 is 0 Å². The molecule has 0 N–H and O–H groups in total. The number of pyridine rings is 1. The van der Waals surface area contributed by atoms with E-state index in [-0.39, 0.29) is 17.9 Å². The molecule has 1 fully saturated rings. The molecule has 0 saturated carbocycles. The highest BCUT2D eigenvalue weighted by Crippen LogP contribution is 2.44. The number of fused-ring (bicyclic) bond motifs is 2. The van der Waals surface area contributed by atoms with E-state index in [1.54, 1.807) is 13.3 Å². The number of ether oxygens (including phenoxy) is 1. The summed E-state index contributed by atoms with van der Waals surface area (Å²) >= 11 is 0. The Labute approximate surface area is 141 Å². The molecule has 0 aromatic carbocycles. The lowest BCUT2D eigenvalue weighted by Crippen LogP contribution is -2.45. The highest BCUT2D eigenvalue weighted by Gasteiger charge is 2.44. The zero-order valence-electron chi connectivity index (χ0n) is 13.9. The smallest absolute Gasteiger partial charge is 0.248 e. The van der Waals surface area contributed by atoms with Gasteiger partial charge in [0.2, 0.25) is 5.91 Å². The van der Waals surface area contributed by atoms with Gasteiger partial charge in [0.15, 0.2) is 0 Å². The zero-order chi connectivity index (χ0) is 16.6. The van der Waals surface area contributed by atoms with Gasteiger partial charge in [0.25, 0.3) is 0 Å². The summed E-state index contributed by atoms with van der Waals surface area (Å²) in [5, 5.41) is 0. The second kappa shape index (κ2) is 6.02. The first-order valence-corrected chi connectivity index (χ1v) is 8.47. The van der Waals surface area contributed by atoms with Crippen molar-refractivity contribution in [1.29, 1.82) is 0 Å². The van der Waals surface area contributed by atoms with Gasteiger partial charge in [0.1, 0.15) is 12.4 Å². The number of methoxy groups -OCH3 is 1. The van der Waals surface area contributed by atoms with Gasteiger partial charge in [-0.1, -0.05) is 0 Å². The van der Waals surface area contributed by atoms with Crippen LogP contribution in [-0.2, 0) is 21.5 Å². The second-order valence-corrected chi connectivity index (χ2v) is 6.70. The predicted octanol–water partition coefficient (Wildman–Crippen LogP) is 1.86. The maximum absolute atomic E-state index is 12.0. The van der Waals surface area contributed by atoms with E-state index in [1.165, 1.54) is 5.82 Å². The molecule has 4 heterocycles. The molecule has 4 rings (SSSR count). The number of hydrogen-bond donors (Lipinski definition) is 0. The van der Waals surface area contributed by atoms with E-state index >= 15 is 0 Å². The summed E-state index contributed by atoms with van der Waals surface area (Å²) < 4.78 is 7.31. The largest absolute Gasteiger partial charge is 0.375 e. The van der Waals surface area contributed by atoms with Gasteiger partial charge in [-0.05, 0) is 31.4 Å². The van der Waals surface area contributed by atoms with Crippen LogP contribution >= 0.6 is 0 Å². The number of carbonyl (C=O) groups is 1. The van der Waals surface area contributed by atoms with E-state index in [2.05, 4.69) is 15.6 Å². The number of hydrogen-bond acceptors (Lipinski definition) is 4. The highest BCUT2D eigenvalue weighted by atomic mass is 16.5. The number of likely N-dealkylation sites (tertiary alicyclic amines) is 1. The van der Waals surface area contributed by atoms with E-state index in [0.29, 0.717) is 0 Å². The number of carbonyl (C=O) groups excluding carboxylic acids is 1. The van der Waals surface area contributed by atoms with Gasteiger partial charge in [-0.2, -0.15) is 0 Å². The van der Waals surface area contributed by atoms with E-state index in [0.717, 1.165) is 50.2 Å². The quantitative estimate of drug-likeness (QED) is 0.864. The van der Waals surface area contributed by atoms with Gasteiger partial charge in [0, 0.05) is 50.1 Å². The van der Waals surface area contributed by atoms with Crippen molar-refractivity contribution in [3.63, 3.8) is 0 Å². The molecule has 1 saturated heterocycles. The van der Waals surface area contributed by atoms with Crippen molar-refractivity contribution in [2.75, 3.05) is 26.8 Å². The SMILES string of the molecule is COCC(=O)N1CCC2(CC1)CCn1c(-c3cccnc3)cnc12. The van der Waals surface area contributed by atoms with Gasteiger partial charge in [-0.15, -0.1) is 0 Å². The fraction of sp³-hybridized carbons (Fsp3) is 0.500. The van der Waals surface area contributed by atoms with Crippen LogP contribution in [0, 0.1) is 0 Å². The molecule has 24 heavy (non-hydrogen) atoms. The summed E-state index contributed by atoms with van der Waals surface area (Å²) in [5.41, 5.74) is 2.37. The maximum Gasteiger partial charge on any atom is 0.248 e. The Balaban J connectivity index is 1.55. The van der Waals surface area contributed by atoms with Crippen molar-refractivity contribution in [3.05, 3.63) is 36.5 Å². The summed E-state index contributed by atoms with van der Waals surface area (Å²) in [6, 6.07) is 4.04. The van der Waals surface area contributed by atoms with Crippen LogP contribution < -0.4 is 0 Å². The van der Waals surface area contributed by atoms with Crippen LogP contribution in [0.1, 0.15) is 25.1 Å². The Morgan fingerprint density at radius 3 is 2.75 bits per heavy atom. The minimum atomic E-state index is 0.0877. The lowest BCUT2D eigenvalue weighted by atomic mass is 9.76. The first kappa shape index (κ1) is 15.3. The standard InChI is InChI=1S/C18H22N4O2/c1-24-13-16(23)21-8-4-18(5-9-21)6-10-22-15(12-20-17(18)22)14-3-2-7-19-11-14/h2-3,7,11-12H,4-6,8-10,13H2,1H3. The summed E-state index contributed by atoms with van der Waals surface area (Å²) in [6.45, 7) is 2.74. The minimum absolute atomic E-state index is 0.0877. The minimum Gasteiger partial charge on any atom is -0.375 e. The highest BCUT2D eigenvalue weighted by molar-refractivity contribution is 5.77. The molecular formula is C18H22N4O2. The van der Waals surface area contributed by atoms with E-state index in [1.807, 2.05) is 23.4 Å². The molecule has 2 aliphatic heterocycles. The Morgan fingerprint density at radius 1 is 1.25 bits per heavy atom. The van der Waals surface area contributed by atoms with Crippen molar-refractivity contribution in [2.45, 2.75) is 31.2 Å². The third kappa shape index (κ3) is 2.41. The molecule has 0 radical (unpaired) electrons. The molecule has 0 aliphatic carbocycles. The van der Waals surface area contributed by atoms with Crippen LogP contribution in [0.2, 0.25) is 0 Å². The number of imidazole rings is 1. The summed E-state index contributed by atoms with van der Waals surface area (Å²) in [4.78, 5) is 22.9. The Bertz CT molecular complexity index is 733. The molecule has 126 valence electrons. The lowest BCUT2D eigenvalue weighted by Gasteiger charge is -2.38. The molecular weight excluding hydrogens is 304 g/mol. The van der Waals surface area contributed by atoms with E-state index in [4.69, 9.17) is 9.72 Å². The maximum atomic E-state index is 12.0. The molecule has 1 spiro atoms.